The molecule has 7 nitrogen and oxygen atoms in total. The number of likely N-dealkylation sites (tertiary alicyclic amines) is 1. The Morgan fingerprint density at radius 3 is 2.67 bits per heavy atom. The maximum atomic E-state index is 13.5. The Morgan fingerprint density at radius 1 is 1.19 bits per heavy atom. The molecule has 2 unspecified atom stereocenters. The average molecular weight is 537 g/mol. The zero-order chi connectivity index (χ0) is 25.8. The van der Waals surface area contributed by atoms with Crippen molar-refractivity contribution < 1.29 is 27.9 Å². The third kappa shape index (κ3) is 4.63. The number of hydrogen-bond donors (Lipinski definition) is 1. The molecule has 2 saturated heterocycles. The third-order valence-electron chi connectivity index (χ3n) is 6.26. The number of benzene rings is 2. The number of β-amino-alcohol motifs (C(OH)–C–C–N with tert-alkyl or cyclic N) is 1. The molecule has 0 spiro atoms. The zero-order valence-electron chi connectivity index (χ0n) is 18.9. The monoisotopic (exact) mass is 536 g/mol. The largest absolute Gasteiger partial charge is 0.416 e. The molecule has 1 N–H and O–H groups in total. The van der Waals surface area contributed by atoms with Crippen LogP contribution in [-0.4, -0.2) is 68.1 Å². The smallest absolute Gasteiger partial charge is 0.390 e. The zero-order valence-corrected chi connectivity index (χ0v) is 20.4. The second-order valence-corrected chi connectivity index (χ2v) is 10.3. The van der Waals surface area contributed by atoms with Gasteiger partial charge in [-0.2, -0.15) is 18.3 Å². The number of amides is 2. The fourth-order valence-corrected chi connectivity index (χ4v) is 5.62. The van der Waals surface area contributed by atoms with E-state index in [0.29, 0.717) is 29.6 Å². The number of aliphatic hydroxyl groups is 1. The van der Waals surface area contributed by atoms with Crippen molar-refractivity contribution in [3.05, 3.63) is 69.2 Å². The Bertz CT molecular complexity index is 1410. The first-order valence-electron chi connectivity index (χ1n) is 11.0. The molecule has 3 aromatic rings. The number of fused-ring (bicyclic) bond motifs is 1. The molecular weight excluding hydrogens is 517 g/mol. The van der Waals surface area contributed by atoms with Crippen molar-refractivity contribution in [2.24, 2.45) is 0 Å². The van der Waals surface area contributed by atoms with Gasteiger partial charge in [0.1, 0.15) is 0 Å². The van der Waals surface area contributed by atoms with Crippen LogP contribution in [0.1, 0.15) is 16.7 Å². The first-order valence-corrected chi connectivity index (χ1v) is 12.2. The fourth-order valence-electron chi connectivity index (χ4n) is 4.56. The molecule has 1 aromatic heterocycles. The highest BCUT2D eigenvalue weighted by molar-refractivity contribution is 8.18. The topological polar surface area (TPSA) is 78.7 Å². The molecule has 5 rings (SSSR count). The van der Waals surface area contributed by atoms with E-state index >= 15 is 0 Å². The molecular formula is C24H20ClF3N4O3S. The Hall–Kier alpha value is -2.86. The number of carbonyl (C=O) groups excluding carboxylic acids is 2. The molecule has 2 aliphatic heterocycles. The molecule has 2 atom stereocenters. The van der Waals surface area contributed by atoms with Crippen molar-refractivity contribution in [1.29, 1.82) is 0 Å². The lowest BCUT2D eigenvalue weighted by Crippen LogP contribution is -2.45. The molecule has 12 heteroatoms. The molecule has 2 fully saturated rings. The summed E-state index contributed by atoms with van der Waals surface area (Å²) in [6.07, 6.45) is -2.23. The van der Waals surface area contributed by atoms with E-state index < -0.39 is 35.0 Å². The molecule has 3 heterocycles. The third-order valence-corrected chi connectivity index (χ3v) is 7.38. The maximum Gasteiger partial charge on any atom is 0.416 e. The Balaban J connectivity index is 1.40. The van der Waals surface area contributed by atoms with Crippen LogP contribution in [0.4, 0.5) is 18.0 Å². The van der Waals surface area contributed by atoms with Gasteiger partial charge in [-0.25, -0.2) is 0 Å². The van der Waals surface area contributed by atoms with E-state index in [1.54, 1.807) is 24.3 Å². The highest BCUT2D eigenvalue weighted by Crippen LogP contribution is 2.37. The minimum absolute atomic E-state index is 0.0000785. The molecule has 36 heavy (non-hydrogen) atoms. The highest BCUT2D eigenvalue weighted by Gasteiger charge is 2.45. The van der Waals surface area contributed by atoms with Crippen molar-refractivity contribution >= 4 is 51.5 Å². The van der Waals surface area contributed by atoms with Crippen molar-refractivity contribution in [2.45, 2.75) is 24.9 Å². The summed E-state index contributed by atoms with van der Waals surface area (Å²) in [7, 11) is 1.81. The number of rotatable bonds is 4. The van der Waals surface area contributed by atoms with Crippen LogP contribution in [0.2, 0.25) is 5.02 Å². The van der Waals surface area contributed by atoms with Crippen LogP contribution in [0.5, 0.6) is 0 Å². The lowest BCUT2D eigenvalue weighted by molar-refractivity contribution is -0.138. The number of imide groups is 1. The Morgan fingerprint density at radius 2 is 1.97 bits per heavy atom. The molecule has 0 bridgehead atoms. The van der Waals surface area contributed by atoms with Gasteiger partial charge in [-0.05, 0) is 60.3 Å². The standard InChI is InChI=1S/C24H20ClF3N4O3S/c1-30-11-19(20(33)12-30)32-22(34)21(36-23(32)35)7-13-2-5-18-15(6-13)9-29-31(18)10-14-3-4-16(25)8-17(14)24(26,27)28/h2-9,19-20,33H,10-12H2,1H3. The van der Waals surface area contributed by atoms with Crippen molar-refractivity contribution in [3.8, 4) is 0 Å². The summed E-state index contributed by atoms with van der Waals surface area (Å²) >= 11 is 6.59. The first-order chi connectivity index (χ1) is 17.0. The fraction of sp³-hybridized carbons (Fsp3) is 0.292. The van der Waals surface area contributed by atoms with Crippen LogP contribution >= 0.6 is 23.4 Å². The quantitative estimate of drug-likeness (QED) is 0.496. The molecule has 2 amide bonds. The number of thioether (sulfide) groups is 1. The van der Waals surface area contributed by atoms with Gasteiger partial charge in [0, 0.05) is 23.5 Å². The van der Waals surface area contributed by atoms with Gasteiger partial charge in [0.2, 0.25) is 0 Å². The summed E-state index contributed by atoms with van der Waals surface area (Å²) in [4.78, 5) is 28.7. The molecule has 2 aromatic carbocycles. The van der Waals surface area contributed by atoms with Crippen LogP contribution in [0.25, 0.3) is 17.0 Å². The van der Waals surface area contributed by atoms with Crippen molar-refractivity contribution in [2.75, 3.05) is 20.1 Å². The van der Waals surface area contributed by atoms with Gasteiger partial charge in [0.05, 0.1) is 40.9 Å². The number of aliphatic hydroxyl groups excluding tert-OH is 1. The second-order valence-electron chi connectivity index (χ2n) is 8.83. The highest BCUT2D eigenvalue weighted by atomic mass is 35.5. The number of likely N-dealkylation sites (N-methyl/N-ethyl adjacent to an activating group) is 1. The Kier molecular flexibility index (Phi) is 6.36. The number of halogens is 4. The molecule has 0 radical (unpaired) electrons. The Labute approximate surface area is 213 Å². The summed E-state index contributed by atoms with van der Waals surface area (Å²) < 4.78 is 41.9. The van der Waals surface area contributed by atoms with E-state index in [4.69, 9.17) is 11.6 Å². The van der Waals surface area contributed by atoms with Gasteiger partial charge in [0.25, 0.3) is 11.1 Å². The van der Waals surface area contributed by atoms with E-state index in [2.05, 4.69) is 5.10 Å². The lowest BCUT2D eigenvalue weighted by Gasteiger charge is -2.22. The number of alkyl halides is 3. The van der Waals surface area contributed by atoms with Crippen LogP contribution in [-0.2, 0) is 17.5 Å². The van der Waals surface area contributed by atoms with Gasteiger partial charge in [0.15, 0.2) is 0 Å². The molecule has 0 saturated carbocycles. The van der Waals surface area contributed by atoms with Crippen molar-refractivity contribution in [1.82, 2.24) is 19.6 Å². The summed E-state index contributed by atoms with van der Waals surface area (Å²) in [5.41, 5.74) is 0.471. The summed E-state index contributed by atoms with van der Waals surface area (Å²) in [5.74, 6) is -0.456. The van der Waals surface area contributed by atoms with Crippen LogP contribution in [0, 0.1) is 0 Å². The predicted octanol–water partition coefficient (Wildman–Crippen LogP) is 4.47. The first kappa shape index (κ1) is 24.8. The number of nitrogens with zero attached hydrogens (tertiary/aromatic N) is 4. The van der Waals surface area contributed by atoms with Gasteiger partial charge in [-0.1, -0.05) is 23.7 Å². The molecule has 2 aliphatic rings. The van der Waals surface area contributed by atoms with Gasteiger partial charge in [-0.3, -0.25) is 19.2 Å². The minimum atomic E-state index is -4.55. The number of carbonyl (C=O) groups is 2. The molecule has 188 valence electrons. The summed E-state index contributed by atoms with van der Waals surface area (Å²) in [6, 6.07) is 8.21. The normalized spacial score (nSPS) is 22.5. The summed E-state index contributed by atoms with van der Waals surface area (Å²) in [6.45, 7) is 0.680. The van der Waals surface area contributed by atoms with Crippen LogP contribution in [0.3, 0.4) is 0 Å². The van der Waals surface area contributed by atoms with Crippen LogP contribution in [0.15, 0.2) is 47.5 Å². The SMILES string of the molecule is CN1CC(O)C(N2C(=O)SC(=Cc3ccc4c(cnn4Cc4ccc(Cl)cc4C(F)(F)F)c3)C2=O)C1. The van der Waals surface area contributed by atoms with Gasteiger partial charge in [-0.15, -0.1) is 0 Å². The number of hydrogen-bond acceptors (Lipinski definition) is 6. The van der Waals surface area contributed by atoms with E-state index in [1.165, 1.54) is 23.0 Å². The van der Waals surface area contributed by atoms with Gasteiger partial charge >= 0.3 is 6.18 Å². The van der Waals surface area contributed by atoms with E-state index in [0.717, 1.165) is 22.7 Å². The minimum Gasteiger partial charge on any atom is -0.390 e. The second kappa shape index (κ2) is 9.22. The van der Waals surface area contributed by atoms with Crippen molar-refractivity contribution in [3.63, 3.8) is 0 Å². The van der Waals surface area contributed by atoms with Gasteiger partial charge < -0.3 is 10.0 Å². The molecule has 0 aliphatic carbocycles. The average Bonchev–Trinajstić information content (AvgIpc) is 3.43. The predicted molar refractivity (Wildman–Crippen MR) is 130 cm³/mol. The van der Waals surface area contributed by atoms with E-state index in [1.807, 2.05) is 11.9 Å². The maximum absolute atomic E-state index is 13.5. The van der Waals surface area contributed by atoms with E-state index in [9.17, 15) is 27.9 Å². The van der Waals surface area contributed by atoms with E-state index in [-0.39, 0.29) is 22.0 Å². The lowest BCUT2D eigenvalue weighted by atomic mass is 10.1. The number of aromatic nitrogens is 2. The van der Waals surface area contributed by atoms with Crippen LogP contribution < -0.4 is 0 Å². The summed E-state index contributed by atoms with van der Waals surface area (Å²) in [5, 5.41) is 14.7.